The van der Waals surface area contributed by atoms with Crippen molar-refractivity contribution < 1.29 is 14.0 Å². The molecule has 0 aliphatic carbocycles. The molecular formula is C11H19N3O3. The van der Waals surface area contributed by atoms with Crippen LogP contribution >= 0.6 is 0 Å². The molecule has 1 atom stereocenters. The second-order valence-electron chi connectivity index (χ2n) is 4.32. The summed E-state index contributed by atoms with van der Waals surface area (Å²) in [4.78, 5) is 4.34. The molecule has 0 spiro atoms. The predicted octanol–water partition coefficient (Wildman–Crippen LogP) is 1.13. The molecule has 2 rings (SSSR count). The second kappa shape index (κ2) is 5.12. The fourth-order valence-corrected chi connectivity index (χ4v) is 1.88. The third kappa shape index (κ3) is 2.65. The van der Waals surface area contributed by atoms with Crippen LogP contribution in [0.15, 0.2) is 4.52 Å². The SMILES string of the molecule is CCOC(C)c1noc(C2(N)CCOCC2)n1. The Morgan fingerprint density at radius 3 is 2.82 bits per heavy atom. The molecule has 96 valence electrons. The van der Waals surface area contributed by atoms with E-state index < -0.39 is 5.54 Å². The Hall–Kier alpha value is -0.980. The molecule has 2 heterocycles. The molecule has 1 unspecified atom stereocenters. The number of nitrogens with zero attached hydrogens (tertiary/aromatic N) is 2. The molecule has 1 aromatic rings. The topological polar surface area (TPSA) is 83.4 Å². The van der Waals surface area contributed by atoms with Crippen LogP contribution in [0.5, 0.6) is 0 Å². The van der Waals surface area contributed by atoms with Crippen molar-refractivity contribution in [1.82, 2.24) is 10.1 Å². The summed E-state index contributed by atoms with van der Waals surface area (Å²) in [5, 5.41) is 3.92. The predicted molar refractivity (Wildman–Crippen MR) is 60.3 cm³/mol. The number of nitrogens with two attached hydrogens (primary N) is 1. The van der Waals surface area contributed by atoms with E-state index in [9.17, 15) is 0 Å². The van der Waals surface area contributed by atoms with Crippen LogP contribution in [0.2, 0.25) is 0 Å². The Bertz CT molecular complexity index is 361. The minimum Gasteiger partial charge on any atom is -0.381 e. The zero-order valence-electron chi connectivity index (χ0n) is 10.3. The lowest BCUT2D eigenvalue weighted by molar-refractivity contribution is 0.0400. The fraction of sp³-hybridized carbons (Fsp3) is 0.818. The molecule has 6 heteroatoms. The van der Waals surface area contributed by atoms with Gasteiger partial charge < -0.3 is 19.7 Å². The maximum atomic E-state index is 6.25. The van der Waals surface area contributed by atoms with E-state index in [0.717, 1.165) is 0 Å². The molecule has 1 saturated heterocycles. The average molecular weight is 241 g/mol. The van der Waals surface area contributed by atoms with E-state index in [2.05, 4.69) is 10.1 Å². The van der Waals surface area contributed by atoms with Crippen LogP contribution in [0.1, 0.15) is 44.5 Å². The van der Waals surface area contributed by atoms with Crippen molar-refractivity contribution in [3.05, 3.63) is 11.7 Å². The maximum absolute atomic E-state index is 6.25. The zero-order chi connectivity index (χ0) is 12.3. The number of rotatable bonds is 4. The third-order valence-corrected chi connectivity index (χ3v) is 3.03. The quantitative estimate of drug-likeness (QED) is 0.850. The van der Waals surface area contributed by atoms with E-state index in [1.54, 1.807) is 0 Å². The van der Waals surface area contributed by atoms with Crippen LogP contribution in [0.25, 0.3) is 0 Å². The first-order chi connectivity index (χ1) is 8.15. The zero-order valence-corrected chi connectivity index (χ0v) is 10.3. The van der Waals surface area contributed by atoms with Crippen molar-refractivity contribution in [1.29, 1.82) is 0 Å². The first kappa shape index (κ1) is 12.5. The van der Waals surface area contributed by atoms with Crippen LogP contribution < -0.4 is 5.73 Å². The Morgan fingerprint density at radius 1 is 1.47 bits per heavy atom. The van der Waals surface area contributed by atoms with Crippen molar-refractivity contribution in [2.75, 3.05) is 19.8 Å². The highest BCUT2D eigenvalue weighted by Crippen LogP contribution is 2.28. The van der Waals surface area contributed by atoms with E-state index >= 15 is 0 Å². The summed E-state index contributed by atoms with van der Waals surface area (Å²) in [6.07, 6.45) is 1.25. The molecule has 2 N–H and O–H groups in total. The van der Waals surface area contributed by atoms with Gasteiger partial charge in [0.25, 0.3) is 0 Å². The van der Waals surface area contributed by atoms with E-state index in [1.807, 2.05) is 13.8 Å². The van der Waals surface area contributed by atoms with Gasteiger partial charge in [-0.25, -0.2) is 0 Å². The largest absolute Gasteiger partial charge is 0.381 e. The minimum absolute atomic E-state index is 0.166. The first-order valence-electron chi connectivity index (χ1n) is 5.98. The molecule has 0 aromatic carbocycles. The van der Waals surface area contributed by atoms with E-state index in [0.29, 0.717) is 44.4 Å². The van der Waals surface area contributed by atoms with Crippen LogP contribution in [-0.4, -0.2) is 30.0 Å². The minimum atomic E-state index is -0.546. The van der Waals surface area contributed by atoms with E-state index in [1.165, 1.54) is 0 Å². The monoisotopic (exact) mass is 241 g/mol. The van der Waals surface area contributed by atoms with Crippen molar-refractivity contribution in [3.8, 4) is 0 Å². The fourth-order valence-electron chi connectivity index (χ4n) is 1.88. The standard InChI is InChI=1S/C11H19N3O3/c1-3-16-8(2)9-13-10(17-14-9)11(12)4-6-15-7-5-11/h8H,3-7,12H2,1-2H3. The molecule has 6 nitrogen and oxygen atoms in total. The highest BCUT2D eigenvalue weighted by Gasteiger charge is 2.36. The van der Waals surface area contributed by atoms with Gasteiger partial charge in [-0.05, 0) is 26.7 Å². The summed E-state index contributed by atoms with van der Waals surface area (Å²) in [7, 11) is 0. The number of aromatic nitrogens is 2. The van der Waals surface area contributed by atoms with Gasteiger partial charge in [0.15, 0.2) is 5.82 Å². The van der Waals surface area contributed by atoms with Gasteiger partial charge in [0.1, 0.15) is 11.6 Å². The smallest absolute Gasteiger partial charge is 0.247 e. The Kier molecular flexibility index (Phi) is 3.76. The summed E-state index contributed by atoms with van der Waals surface area (Å²) < 4.78 is 15.9. The summed E-state index contributed by atoms with van der Waals surface area (Å²) in [6.45, 7) is 5.71. The molecule has 0 radical (unpaired) electrons. The maximum Gasteiger partial charge on any atom is 0.247 e. The molecule has 0 amide bonds. The van der Waals surface area contributed by atoms with E-state index in [-0.39, 0.29) is 6.10 Å². The van der Waals surface area contributed by atoms with Gasteiger partial charge in [0.2, 0.25) is 5.89 Å². The van der Waals surface area contributed by atoms with Crippen molar-refractivity contribution in [3.63, 3.8) is 0 Å². The molecule has 1 aliphatic rings. The van der Waals surface area contributed by atoms with Gasteiger partial charge in [-0.1, -0.05) is 5.16 Å². The normalized spacial score (nSPS) is 21.4. The summed E-state index contributed by atoms with van der Waals surface area (Å²) in [5.41, 5.74) is 5.70. The lowest BCUT2D eigenvalue weighted by Crippen LogP contribution is -2.42. The summed E-state index contributed by atoms with van der Waals surface area (Å²) in [6, 6.07) is 0. The molecule has 0 saturated carbocycles. The number of hydrogen-bond donors (Lipinski definition) is 1. The Balaban J connectivity index is 2.11. The van der Waals surface area contributed by atoms with Crippen molar-refractivity contribution >= 4 is 0 Å². The Labute approximate surface area is 100 Å². The average Bonchev–Trinajstić information content (AvgIpc) is 2.80. The van der Waals surface area contributed by atoms with Crippen molar-refractivity contribution in [2.45, 2.75) is 38.3 Å². The highest BCUT2D eigenvalue weighted by molar-refractivity contribution is 5.04. The molecular weight excluding hydrogens is 222 g/mol. The number of ether oxygens (including phenoxy) is 2. The van der Waals surface area contributed by atoms with Gasteiger partial charge in [0, 0.05) is 19.8 Å². The third-order valence-electron chi connectivity index (χ3n) is 3.03. The second-order valence-corrected chi connectivity index (χ2v) is 4.32. The van der Waals surface area contributed by atoms with Gasteiger partial charge in [0.05, 0.1) is 0 Å². The van der Waals surface area contributed by atoms with Crippen molar-refractivity contribution in [2.24, 2.45) is 5.73 Å². The van der Waals surface area contributed by atoms with Crippen LogP contribution in [0, 0.1) is 0 Å². The number of hydrogen-bond acceptors (Lipinski definition) is 6. The Morgan fingerprint density at radius 2 is 2.18 bits per heavy atom. The lowest BCUT2D eigenvalue weighted by Gasteiger charge is -2.29. The van der Waals surface area contributed by atoms with Gasteiger partial charge in [-0.15, -0.1) is 0 Å². The van der Waals surface area contributed by atoms with Gasteiger partial charge in [-0.2, -0.15) is 4.98 Å². The van der Waals surface area contributed by atoms with Gasteiger partial charge in [-0.3, -0.25) is 0 Å². The molecule has 0 bridgehead atoms. The van der Waals surface area contributed by atoms with Gasteiger partial charge >= 0.3 is 0 Å². The molecule has 17 heavy (non-hydrogen) atoms. The molecule has 1 aromatic heterocycles. The molecule has 1 aliphatic heterocycles. The first-order valence-corrected chi connectivity index (χ1v) is 5.98. The summed E-state index contributed by atoms with van der Waals surface area (Å²) in [5.74, 6) is 1.04. The van der Waals surface area contributed by atoms with Crippen LogP contribution in [0.4, 0.5) is 0 Å². The summed E-state index contributed by atoms with van der Waals surface area (Å²) >= 11 is 0. The van der Waals surface area contributed by atoms with Crippen LogP contribution in [-0.2, 0) is 15.0 Å². The van der Waals surface area contributed by atoms with Crippen LogP contribution in [0.3, 0.4) is 0 Å². The lowest BCUT2D eigenvalue weighted by atomic mass is 9.91. The molecule has 1 fully saturated rings. The van der Waals surface area contributed by atoms with E-state index in [4.69, 9.17) is 19.7 Å². The highest BCUT2D eigenvalue weighted by atomic mass is 16.5.